The van der Waals surface area contributed by atoms with Crippen LogP contribution < -0.4 is 10.6 Å². The van der Waals surface area contributed by atoms with Gasteiger partial charge in [-0.3, -0.25) is 9.59 Å². The molecular formula is C19H38N2O3. The molecule has 0 heterocycles. The number of aliphatic hydroxyl groups excluding tert-OH is 1. The lowest BCUT2D eigenvalue weighted by atomic mass is 9.95. The Bertz CT molecular complexity index is 381. The Morgan fingerprint density at radius 1 is 0.875 bits per heavy atom. The van der Waals surface area contributed by atoms with Crippen molar-refractivity contribution in [3.05, 3.63) is 0 Å². The lowest BCUT2D eigenvalue weighted by Crippen LogP contribution is -2.51. The van der Waals surface area contributed by atoms with Gasteiger partial charge in [0.15, 0.2) is 0 Å². The van der Waals surface area contributed by atoms with Crippen molar-refractivity contribution in [3.8, 4) is 0 Å². The number of amides is 2. The van der Waals surface area contributed by atoms with Crippen molar-refractivity contribution < 1.29 is 14.7 Å². The zero-order chi connectivity index (χ0) is 18.9. The minimum absolute atomic E-state index is 0.0131. The average molecular weight is 343 g/mol. The van der Waals surface area contributed by atoms with Crippen LogP contribution >= 0.6 is 0 Å². The van der Waals surface area contributed by atoms with Crippen molar-refractivity contribution >= 4 is 11.8 Å². The van der Waals surface area contributed by atoms with Crippen LogP contribution in [0.15, 0.2) is 0 Å². The van der Waals surface area contributed by atoms with Crippen LogP contribution in [0.5, 0.6) is 0 Å². The molecule has 2 amide bonds. The fourth-order valence-electron chi connectivity index (χ4n) is 2.40. The second-order valence-corrected chi connectivity index (χ2v) is 8.13. The maximum absolute atomic E-state index is 12.4. The molecule has 3 N–H and O–H groups in total. The van der Waals surface area contributed by atoms with Crippen LogP contribution in [0.4, 0.5) is 0 Å². The van der Waals surface area contributed by atoms with E-state index in [4.69, 9.17) is 0 Å². The molecule has 5 heteroatoms. The SMILES string of the molecule is CC(C)CCC(O)CC(C)C(=O)NC(C(=O)NCC(C)C)C(C)C. The second kappa shape index (κ2) is 11.5. The second-order valence-electron chi connectivity index (χ2n) is 8.13. The smallest absolute Gasteiger partial charge is 0.242 e. The zero-order valence-corrected chi connectivity index (χ0v) is 16.6. The van der Waals surface area contributed by atoms with Gasteiger partial charge in [-0.1, -0.05) is 48.5 Å². The van der Waals surface area contributed by atoms with E-state index in [0.29, 0.717) is 31.2 Å². The van der Waals surface area contributed by atoms with Crippen molar-refractivity contribution in [1.82, 2.24) is 10.6 Å². The summed E-state index contributed by atoms with van der Waals surface area (Å²) >= 11 is 0. The normalized spacial score (nSPS) is 15.5. The first-order valence-corrected chi connectivity index (χ1v) is 9.30. The zero-order valence-electron chi connectivity index (χ0n) is 16.6. The highest BCUT2D eigenvalue weighted by molar-refractivity contribution is 5.88. The van der Waals surface area contributed by atoms with E-state index in [9.17, 15) is 14.7 Å². The van der Waals surface area contributed by atoms with Crippen molar-refractivity contribution in [2.24, 2.45) is 23.7 Å². The van der Waals surface area contributed by atoms with Crippen LogP contribution in [0.2, 0.25) is 0 Å². The number of aliphatic hydroxyl groups is 1. The monoisotopic (exact) mass is 342 g/mol. The summed E-state index contributed by atoms with van der Waals surface area (Å²) in [5.41, 5.74) is 0. The largest absolute Gasteiger partial charge is 0.393 e. The van der Waals surface area contributed by atoms with Crippen LogP contribution in [0.3, 0.4) is 0 Å². The summed E-state index contributed by atoms with van der Waals surface area (Å²) in [6.07, 6.45) is 1.61. The molecule has 0 fully saturated rings. The highest BCUT2D eigenvalue weighted by atomic mass is 16.3. The molecule has 142 valence electrons. The van der Waals surface area contributed by atoms with E-state index < -0.39 is 12.1 Å². The molecule has 0 aromatic rings. The van der Waals surface area contributed by atoms with Crippen LogP contribution in [0, 0.1) is 23.7 Å². The van der Waals surface area contributed by atoms with E-state index >= 15 is 0 Å². The Kier molecular flexibility index (Phi) is 10.9. The Morgan fingerprint density at radius 2 is 1.46 bits per heavy atom. The van der Waals surface area contributed by atoms with Crippen LogP contribution in [-0.4, -0.2) is 35.6 Å². The summed E-state index contributed by atoms with van der Waals surface area (Å²) in [6, 6.07) is -0.536. The summed E-state index contributed by atoms with van der Waals surface area (Å²) in [4.78, 5) is 24.6. The van der Waals surface area contributed by atoms with E-state index in [0.717, 1.165) is 6.42 Å². The number of carbonyl (C=O) groups is 2. The van der Waals surface area contributed by atoms with Crippen molar-refractivity contribution in [3.63, 3.8) is 0 Å². The molecule has 0 radical (unpaired) electrons. The number of carbonyl (C=O) groups excluding carboxylic acids is 2. The molecule has 0 aliphatic heterocycles. The fourth-order valence-corrected chi connectivity index (χ4v) is 2.40. The van der Waals surface area contributed by atoms with Gasteiger partial charge in [-0.25, -0.2) is 0 Å². The molecule has 3 unspecified atom stereocenters. The van der Waals surface area contributed by atoms with Gasteiger partial charge >= 0.3 is 0 Å². The molecule has 0 saturated heterocycles. The number of hydrogen-bond acceptors (Lipinski definition) is 3. The Labute approximate surface area is 148 Å². The third-order valence-electron chi connectivity index (χ3n) is 4.08. The van der Waals surface area contributed by atoms with Gasteiger partial charge in [0.05, 0.1) is 6.10 Å². The van der Waals surface area contributed by atoms with Crippen molar-refractivity contribution in [2.45, 2.75) is 79.9 Å². The Balaban J connectivity index is 4.51. The number of nitrogens with one attached hydrogen (secondary N) is 2. The fraction of sp³-hybridized carbons (Fsp3) is 0.895. The molecule has 0 saturated carbocycles. The van der Waals surface area contributed by atoms with Crippen molar-refractivity contribution in [2.75, 3.05) is 6.54 Å². The minimum atomic E-state index is -0.536. The van der Waals surface area contributed by atoms with E-state index in [1.807, 2.05) is 27.7 Å². The molecule has 0 spiro atoms. The van der Waals surface area contributed by atoms with E-state index in [-0.39, 0.29) is 23.7 Å². The van der Waals surface area contributed by atoms with Crippen LogP contribution in [-0.2, 0) is 9.59 Å². The highest BCUT2D eigenvalue weighted by Gasteiger charge is 2.27. The van der Waals surface area contributed by atoms with Gasteiger partial charge in [-0.15, -0.1) is 0 Å². The predicted molar refractivity (Wildman–Crippen MR) is 98.5 cm³/mol. The van der Waals surface area contributed by atoms with E-state index in [1.54, 1.807) is 6.92 Å². The van der Waals surface area contributed by atoms with Crippen LogP contribution in [0.25, 0.3) is 0 Å². The molecule has 5 nitrogen and oxygen atoms in total. The minimum Gasteiger partial charge on any atom is -0.393 e. The lowest BCUT2D eigenvalue weighted by molar-refractivity contribution is -0.132. The summed E-state index contributed by atoms with van der Waals surface area (Å²) < 4.78 is 0. The molecule has 0 aliphatic rings. The molecule has 0 aliphatic carbocycles. The summed E-state index contributed by atoms with van der Waals surface area (Å²) in [5, 5.41) is 15.8. The van der Waals surface area contributed by atoms with Gasteiger partial charge in [0.1, 0.15) is 6.04 Å². The Morgan fingerprint density at radius 3 is 1.92 bits per heavy atom. The first kappa shape index (κ1) is 22.9. The van der Waals surface area contributed by atoms with Gasteiger partial charge in [0.25, 0.3) is 0 Å². The Hall–Kier alpha value is -1.10. The standard InChI is InChI=1S/C19H38N2O3/c1-12(2)8-9-16(22)10-15(7)18(23)21-17(14(5)6)19(24)20-11-13(3)4/h12-17,22H,8-11H2,1-7H3,(H,20,24)(H,21,23). The molecule has 0 aromatic heterocycles. The van der Waals surface area contributed by atoms with Crippen molar-refractivity contribution in [1.29, 1.82) is 0 Å². The summed E-state index contributed by atoms with van der Waals surface area (Å²) in [6.45, 7) is 14.5. The number of hydrogen-bond donors (Lipinski definition) is 3. The third kappa shape index (κ3) is 9.91. The topological polar surface area (TPSA) is 78.4 Å². The number of rotatable bonds is 11. The quantitative estimate of drug-likeness (QED) is 0.540. The van der Waals surface area contributed by atoms with Gasteiger partial charge in [-0.2, -0.15) is 0 Å². The van der Waals surface area contributed by atoms with E-state index in [2.05, 4.69) is 24.5 Å². The van der Waals surface area contributed by atoms with Gasteiger partial charge in [0, 0.05) is 12.5 Å². The van der Waals surface area contributed by atoms with Gasteiger partial charge in [0.2, 0.25) is 11.8 Å². The third-order valence-corrected chi connectivity index (χ3v) is 4.08. The van der Waals surface area contributed by atoms with Gasteiger partial charge in [-0.05, 0) is 37.0 Å². The lowest BCUT2D eigenvalue weighted by Gasteiger charge is -2.25. The summed E-state index contributed by atoms with van der Waals surface area (Å²) in [5.74, 6) is 0.299. The summed E-state index contributed by atoms with van der Waals surface area (Å²) in [7, 11) is 0. The first-order valence-electron chi connectivity index (χ1n) is 9.30. The molecule has 24 heavy (non-hydrogen) atoms. The molecule has 0 bridgehead atoms. The maximum Gasteiger partial charge on any atom is 0.242 e. The maximum atomic E-state index is 12.4. The predicted octanol–water partition coefficient (Wildman–Crippen LogP) is 2.72. The van der Waals surface area contributed by atoms with Crippen LogP contribution in [0.1, 0.15) is 67.7 Å². The van der Waals surface area contributed by atoms with E-state index in [1.165, 1.54) is 0 Å². The molecule has 0 rings (SSSR count). The molecule has 3 atom stereocenters. The average Bonchev–Trinajstić information content (AvgIpc) is 2.47. The first-order chi connectivity index (χ1) is 11.0. The molecule has 0 aromatic carbocycles. The highest BCUT2D eigenvalue weighted by Crippen LogP contribution is 2.15. The molecular weight excluding hydrogens is 304 g/mol. The van der Waals surface area contributed by atoms with Gasteiger partial charge < -0.3 is 15.7 Å².